The maximum Gasteiger partial charge on any atom is 0.243 e. The van der Waals surface area contributed by atoms with Gasteiger partial charge in [-0.05, 0) is 54.8 Å². The summed E-state index contributed by atoms with van der Waals surface area (Å²) in [5.74, 6) is 0.310. The van der Waals surface area contributed by atoms with E-state index in [0.29, 0.717) is 23.1 Å². The molecule has 0 atom stereocenters. The lowest BCUT2D eigenvalue weighted by Crippen LogP contribution is -2.36. The molecule has 0 saturated heterocycles. The van der Waals surface area contributed by atoms with E-state index in [1.54, 1.807) is 24.3 Å². The first-order valence-corrected chi connectivity index (χ1v) is 9.44. The summed E-state index contributed by atoms with van der Waals surface area (Å²) in [5, 5.41) is 6.12. The molecule has 2 N–H and O–H groups in total. The molecular formula is C21H25ClN2O3. The van der Waals surface area contributed by atoms with E-state index < -0.39 is 0 Å². The van der Waals surface area contributed by atoms with Crippen molar-refractivity contribution < 1.29 is 14.3 Å². The maximum absolute atomic E-state index is 12.0. The number of carbonyl (C=O) groups excluding carboxylic acids is 2. The Bertz CT molecular complexity index is 741. The number of amides is 2. The molecule has 0 aliphatic rings. The largest absolute Gasteiger partial charge is 0.489 e. The molecule has 0 radical (unpaired) electrons. The number of hydrogen-bond acceptors (Lipinski definition) is 3. The third kappa shape index (κ3) is 6.94. The Morgan fingerprint density at radius 1 is 1.00 bits per heavy atom. The summed E-state index contributed by atoms with van der Waals surface area (Å²) in [7, 11) is 0. The van der Waals surface area contributed by atoms with Gasteiger partial charge in [0.2, 0.25) is 11.8 Å². The van der Waals surface area contributed by atoms with Crippen LogP contribution >= 0.6 is 11.6 Å². The van der Waals surface area contributed by atoms with E-state index in [-0.39, 0.29) is 24.3 Å². The molecule has 0 spiro atoms. The minimum atomic E-state index is -0.260. The van der Waals surface area contributed by atoms with Crippen LogP contribution in [0.4, 0.5) is 5.69 Å². The van der Waals surface area contributed by atoms with Crippen LogP contribution in [-0.4, -0.2) is 18.4 Å². The highest BCUT2D eigenvalue weighted by Gasteiger charge is 2.14. The van der Waals surface area contributed by atoms with Crippen LogP contribution in [0.25, 0.3) is 0 Å². The third-order valence-corrected chi connectivity index (χ3v) is 4.49. The molecule has 0 fully saturated rings. The standard InChI is InChI=1S/C21H25ClN2O3/c1-3-16(4-2)21(26)23-13-20(25)24-18-9-11-19(12-10-18)27-14-15-5-7-17(22)8-6-15/h5-12,16H,3-4,13-14H2,1-2H3,(H,23,26)(H,24,25). The number of nitrogens with one attached hydrogen (secondary N) is 2. The first-order valence-electron chi connectivity index (χ1n) is 9.06. The monoisotopic (exact) mass is 388 g/mol. The summed E-state index contributed by atoms with van der Waals surface area (Å²) in [5.41, 5.74) is 1.67. The first-order chi connectivity index (χ1) is 13.0. The summed E-state index contributed by atoms with van der Waals surface area (Å²) < 4.78 is 5.71. The van der Waals surface area contributed by atoms with E-state index in [0.717, 1.165) is 18.4 Å². The summed E-state index contributed by atoms with van der Waals surface area (Å²) in [6.45, 7) is 4.32. The smallest absolute Gasteiger partial charge is 0.243 e. The molecule has 0 aromatic heterocycles. The van der Waals surface area contributed by atoms with Crippen LogP contribution in [-0.2, 0) is 16.2 Å². The van der Waals surface area contributed by atoms with Crippen LogP contribution in [0, 0.1) is 5.92 Å². The van der Waals surface area contributed by atoms with Crippen molar-refractivity contribution in [2.45, 2.75) is 33.3 Å². The molecule has 5 nitrogen and oxygen atoms in total. The number of benzene rings is 2. The number of anilines is 1. The van der Waals surface area contributed by atoms with E-state index in [1.165, 1.54) is 0 Å². The summed E-state index contributed by atoms with van der Waals surface area (Å²) in [6, 6.07) is 14.6. The molecule has 0 saturated carbocycles. The van der Waals surface area contributed by atoms with Gasteiger partial charge >= 0.3 is 0 Å². The predicted molar refractivity (Wildman–Crippen MR) is 108 cm³/mol. The molecule has 144 valence electrons. The van der Waals surface area contributed by atoms with Gasteiger partial charge in [-0.3, -0.25) is 9.59 Å². The number of hydrogen-bond donors (Lipinski definition) is 2. The van der Waals surface area contributed by atoms with Gasteiger partial charge in [-0.1, -0.05) is 37.6 Å². The van der Waals surface area contributed by atoms with Crippen molar-refractivity contribution in [3.05, 3.63) is 59.1 Å². The van der Waals surface area contributed by atoms with E-state index in [1.807, 2.05) is 38.1 Å². The van der Waals surface area contributed by atoms with Crippen LogP contribution in [0.3, 0.4) is 0 Å². The van der Waals surface area contributed by atoms with Crippen LogP contribution < -0.4 is 15.4 Å². The van der Waals surface area contributed by atoms with Crippen molar-refractivity contribution in [3.63, 3.8) is 0 Å². The Hall–Kier alpha value is -2.53. The van der Waals surface area contributed by atoms with Gasteiger partial charge in [-0.25, -0.2) is 0 Å². The second-order valence-electron chi connectivity index (χ2n) is 6.22. The van der Waals surface area contributed by atoms with Crippen molar-refractivity contribution in [2.24, 2.45) is 5.92 Å². The SMILES string of the molecule is CCC(CC)C(=O)NCC(=O)Nc1ccc(OCc2ccc(Cl)cc2)cc1. The Morgan fingerprint density at radius 3 is 2.22 bits per heavy atom. The molecule has 2 aromatic carbocycles. The highest BCUT2D eigenvalue weighted by molar-refractivity contribution is 6.30. The summed E-state index contributed by atoms with van der Waals surface area (Å²) >= 11 is 5.86. The van der Waals surface area contributed by atoms with E-state index in [2.05, 4.69) is 10.6 Å². The van der Waals surface area contributed by atoms with Crippen LogP contribution in [0.5, 0.6) is 5.75 Å². The number of halogens is 1. The third-order valence-electron chi connectivity index (χ3n) is 4.24. The molecule has 27 heavy (non-hydrogen) atoms. The lowest BCUT2D eigenvalue weighted by molar-refractivity contribution is -0.127. The van der Waals surface area contributed by atoms with Gasteiger partial charge in [-0.2, -0.15) is 0 Å². The van der Waals surface area contributed by atoms with Gasteiger partial charge < -0.3 is 15.4 Å². The minimum absolute atomic E-state index is 0.0375. The fourth-order valence-electron chi connectivity index (χ4n) is 2.56. The Labute approximate surface area is 165 Å². The Balaban J connectivity index is 1.78. The topological polar surface area (TPSA) is 67.4 Å². The van der Waals surface area contributed by atoms with Gasteiger partial charge in [0.15, 0.2) is 0 Å². The molecule has 6 heteroatoms. The molecule has 0 aliphatic carbocycles. The molecular weight excluding hydrogens is 364 g/mol. The molecule has 2 amide bonds. The highest BCUT2D eigenvalue weighted by atomic mass is 35.5. The highest BCUT2D eigenvalue weighted by Crippen LogP contribution is 2.18. The van der Waals surface area contributed by atoms with Crippen molar-refractivity contribution in [2.75, 3.05) is 11.9 Å². The fraction of sp³-hybridized carbons (Fsp3) is 0.333. The second kappa shape index (κ2) is 10.6. The molecule has 0 heterocycles. The average Bonchev–Trinajstić information content (AvgIpc) is 2.68. The van der Waals surface area contributed by atoms with Crippen molar-refractivity contribution >= 4 is 29.1 Å². The fourth-order valence-corrected chi connectivity index (χ4v) is 2.68. The Kier molecular flexibility index (Phi) is 8.14. The number of rotatable bonds is 9. The zero-order valence-corrected chi connectivity index (χ0v) is 16.4. The molecule has 0 aliphatic heterocycles. The lowest BCUT2D eigenvalue weighted by Gasteiger charge is -2.13. The minimum Gasteiger partial charge on any atom is -0.489 e. The lowest BCUT2D eigenvalue weighted by atomic mass is 10.0. The van der Waals surface area contributed by atoms with Gasteiger partial charge in [0.1, 0.15) is 12.4 Å². The van der Waals surface area contributed by atoms with Gasteiger partial charge in [-0.15, -0.1) is 0 Å². The average molecular weight is 389 g/mol. The van der Waals surface area contributed by atoms with Gasteiger partial charge in [0.05, 0.1) is 6.54 Å². The maximum atomic E-state index is 12.0. The number of carbonyl (C=O) groups is 2. The van der Waals surface area contributed by atoms with E-state index in [4.69, 9.17) is 16.3 Å². The quantitative estimate of drug-likeness (QED) is 0.668. The van der Waals surface area contributed by atoms with Crippen molar-refractivity contribution in [1.29, 1.82) is 0 Å². The van der Waals surface area contributed by atoms with Crippen molar-refractivity contribution in [3.8, 4) is 5.75 Å². The van der Waals surface area contributed by atoms with Gasteiger partial charge in [0, 0.05) is 16.6 Å². The second-order valence-corrected chi connectivity index (χ2v) is 6.66. The normalized spacial score (nSPS) is 10.5. The summed E-state index contributed by atoms with van der Waals surface area (Å²) in [4.78, 5) is 23.9. The molecule has 0 bridgehead atoms. The Morgan fingerprint density at radius 2 is 1.63 bits per heavy atom. The molecule has 2 rings (SSSR count). The predicted octanol–water partition coefficient (Wildman–Crippen LogP) is 4.41. The van der Waals surface area contributed by atoms with E-state index >= 15 is 0 Å². The molecule has 0 unspecified atom stereocenters. The number of ether oxygens (including phenoxy) is 1. The first kappa shape index (κ1) is 20.8. The van der Waals surface area contributed by atoms with Crippen molar-refractivity contribution in [1.82, 2.24) is 5.32 Å². The van der Waals surface area contributed by atoms with E-state index in [9.17, 15) is 9.59 Å². The zero-order chi connectivity index (χ0) is 19.6. The summed E-state index contributed by atoms with van der Waals surface area (Å²) in [6.07, 6.45) is 1.53. The zero-order valence-electron chi connectivity index (χ0n) is 15.6. The van der Waals surface area contributed by atoms with Crippen LogP contribution in [0.15, 0.2) is 48.5 Å². The van der Waals surface area contributed by atoms with Crippen LogP contribution in [0.2, 0.25) is 5.02 Å². The van der Waals surface area contributed by atoms with Crippen LogP contribution in [0.1, 0.15) is 32.3 Å². The van der Waals surface area contributed by atoms with Gasteiger partial charge in [0.25, 0.3) is 0 Å². The molecule has 2 aromatic rings.